The van der Waals surface area contributed by atoms with Gasteiger partial charge in [0.05, 0.1) is 18.8 Å². The number of esters is 1. The minimum absolute atomic E-state index is 0.0000862. The zero-order valence-corrected chi connectivity index (χ0v) is 23.3. The van der Waals surface area contributed by atoms with Crippen molar-refractivity contribution in [3.8, 4) is 0 Å². The van der Waals surface area contributed by atoms with Crippen molar-refractivity contribution in [2.75, 3.05) is 13.6 Å². The van der Waals surface area contributed by atoms with E-state index in [2.05, 4.69) is 29.4 Å². The lowest BCUT2D eigenvalue weighted by Crippen LogP contribution is -2.37. The van der Waals surface area contributed by atoms with Crippen molar-refractivity contribution in [1.29, 1.82) is 0 Å². The summed E-state index contributed by atoms with van der Waals surface area (Å²) in [5.41, 5.74) is 4.93. The second kappa shape index (κ2) is 14.2. The fourth-order valence-electron chi connectivity index (χ4n) is 4.77. The summed E-state index contributed by atoms with van der Waals surface area (Å²) in [5.74, 6) is -0.845. The number of hydrogen-bond donors (Lipinski definition) is 2. The van der Waals surface area contributed by atoms with Gasteiger partial charge in [0.15, 0.2) is 12.4 Å². The lowest BCUT2D eigenvalue weighted by atomic mass is 9.99. The molecule has 4 rings (SSSR count). The fraction of sp³-hybridized carbons (Fsp3) is 0.375. The zero-order valence-electron chi connectivity index (χ0n) is 23.3. The summed E-state index contributed by atoms with van der Waals surface area (Å²) < 4.78 is 17.8. The number of nitrogens with one attached hydrogen (secondary N) is 1. The minimum Gasteiger partial charge on any atom is -0.453 e. The Labute approximate surface area is 235 Å². The number of aliphatic hydroxyl groups excluding tert-OH is 1. The standard InChI is InChI=1S/C32H38N2O6/c1-22(38-23(2)36)31(37)33-18-24-9-15-28(16-10-24)32-39-29(20-34(3)19-25-7-5-4-6-8-25)17-30(40-32)27-13-11-26(21-35)12-14-27/h4-16,22,29-30,32,35H,17-21H2,1-3H3,(H,33,37). The third kappa shape index (κ3) is 8.47. The Morgan fingerprint density at radius 1 is 0.950 bits per heavy atom. The number of likely N-dealkylation sites (N-methyl/N-ethyl adjacent to an activating group) is 1. The molecule has 40 heavy (non-hydrogen) atoms. The Hall–Kier alpha value is -3.56. The number of carbonyl (C=O) groups excluding carboxylic acids is 2. The van der Waals surface area contributed by atoms with Gasteiger partial charge in [0.25, 0.3) is 5.91 Å². The topological polar surface area (TPSA) is 97.3 Å². The summed E-state index contributed by atoms with van der Waals surface area (Å²) in [6.07, 6.45) is -0.918. The number of rotatable bonds is 11. The van der Waals surface area contributed by atoms with Crippen LogP contribution >= 0.6 is 0 Å². The normalized spacial score (nSPS) is 19.7. The van der Waals surface area contributed by atoms with Crippen LogP contribution in [0.4, 0.5) is 0 Å². The summed E-state index contributed by atoms with van der Waals surface area (Å²) in [5, 5.41) is 12.2. The third-order valence-electron chi connectivity index (χ3n) is 6.86. The van der Waals surface area contributed by atoms with Crippen molar-refractivity contribution < 1.29 is 28.9 Å². The van der Waals surface area contributed by atoms with Crippen LogP contribution in [-0.2, 0) is 43.5 Å². The molecule has 2 N–H and O–H groups in total. The van der Waals surface area contributed by atoms with Crippen LogP contribution in [0, 0.1) is 0 Å². The molecule has 0 radical (unpaired) electrons. The Morgan fingerprint density at radius 2 is 1.60 bits per heavy atom. The van der Waals surface area contributed by atoms with Gasteiger partial charge in [0.2, 0.25) is 0 Å². The van der Waals surface area contributed by atoms with E-state index in [-0.39, 0.29) is 24.7 Å². The molecule has 0 saturated carbocycles. The van der Waals surface area contributed by atoms with E-state index in [1.807, 2.05) is 66.7 Å². The maximum atomic E-state index is 12.2. The van der Waals surface area contributed by atoms with Crippen molar-refractivity contribution >= 4 is 11.9 Å². The predicted molar refractivity (Wildman–Crippen MR) is 151 cm³/mol. The zero-order chi connectivity index (χ0) is 28.5. The van der Waals surface area contributed by atoms with Gasteiger partial charge in [-0.15, -0.1) is 0 Å². The maximum absolute atomic E-state index is 12.2. The van der Waals surface area contributed by atoms with Crippen molar-refractivity contribution in [2.24, 2.45) is 0 Å². The molecule has 1 fully saturated rings. The highest BCUT2D eigenvalue weighted by Crippen LogP contribution is 2.38. The molecule has 0 aliphatic carbocycles. The molecule has 212 valence electrons. The SMILES string of the molecule is CC(=O)OC(C)C(=O)NCc1ccc(C2OC(CN(C)Cc3ccccc3)CC(c3ccc(CO)cc3)O2)cc1. The van der Waals surface area contributed by atoms with E-state index in [1.54, 1.807) is 6.92 Å². The number of carbonyl (C=O) groups is 2. The van der Waals surface area contributed by atoms with Crippen LogP contribution in [-0.4, -0.2) is 47.7 Å². The number of aliphatic hydroxyl groups is 1. The van der Waals surface area contributed by atoms with Gasteiger partial charge >= 0.3 is 5.97 Å². The lowest BCUT2D eigenvalue weighted by Gasteiger charge is -2.38. The molecule has 1 amide bonds. The first-order chi connectivity index (χ1) is 19.3. The summed E-state index contributed by atoms with van der Waals surface area (Å²) in [4.78, 5) is 25.5. The molecule has 1 heterocycles. The largest absolute Gasteiger partial charge is 0.453 e. The quantitative estimate of drug-likeness (QED) is 0.344. The van der Waals surface area contributed by atoms with Gasteiger partial charge in [-0.3, -0.25) is 14.5 Å². The van der Waals surface area contributed by atoms with Crippen molar-refractivity contribution in [3.05, 3.63) is 107 Å². The van der Waals surface area contributed by atoms with Gasteiger partial charge in [-0.05, 0) is 36.2 Å². The molecule has 8 nitrogen and oxygen atoms in total. The average molecular weight is 547 g/mol. The summed E-state index contributed by atoms with van der Waals surface area (Å²) in [7, 11) is 2.09. The molecule has 4 unspecified atom stereocenters. The van der Waals surface area contributed by atoms with E-state index in [1.165, 1.54) is 12.5 Å². The second-order valence-corrected chi connectivity index (χ2v) is 10.2. The first-order valence-electron chi connectivity index (χ1n) is 13.6. The minimum atomic E-state index is -0.846. The van der Waals surface area contributed by atoms with E-state index in [0.717, 1.165) is 35.3 Å². The van der Waals surface area contributed by atoms with Crippen LogP contribution in [0.2, 0.25) is 0 Å². The number of nitrogens with zero attached hydrogens (tertiary/aromatic N) is 1. The fourth-order valence-corrected chi connectivity index (χ4v) is 4.77. The summed E-state index contributed by atoms with van der Waals surface area (Å²) in [6.45, 7) is 4.69. The van der Waals surface area contributed by atoms with Crippen LogP contribution in [0.1, 0.15) is 60.5 Å². The molecule has 1 aliphatic rings. The average Bonchev–Trinajstić information content (AvgIpc) is 2.96. The summed E-state index contributed by atoms with van der Waals surface area (Å²) >= 11 is 0. The van der Waals surface area contributed by atoms with E-state index in [0.29, 0.717) is 13.0 Å². The van der Waals surface area contributed by atoms with Crippen molar-refractivity contribution in [3.63, 3.8) is 0 Å². The first-order valence-corrected chi connectivity index (χ1v) is 13.6. The van der Waals surface area contributed by atoms with Gasteiger partial charge in [-0.2, -0.15) is 0 Å². The highest BCUT2D eigenvalue weighted by Gasteiger charge is 2.32. The molecular weight excluding hydrogens is 508 g/mol. The van der Waals surface area contributed by atoms with Gasteiger partial charge in [0.1, 0.15) is 0 Å². The molecule has 0 bridgehead atoms. The van der Waals surface area contributed by atoms with Gasteiger partial charge in [-0.25, -0.2) is 0 Å². The Morgan fingerprint density at radius 3 is 2.25 bits per heavy atom. The molecule has 3 aromatic rings. The Kier molecular flexibility index (Phi) is 10.4. The predicted octanol–water partition coefficient (Wildman–Crippen LogP) is 4.42. The van der Waals surface area contributed by atoms with Crippen LogP contribution in [0.5, 0.6) is 0 Å². The van der Waals surface area contributed by atoms with Crippen LogP contribution in [0.15, 0.2) is 78.9 Å². The maximum Gasteiger partial charge on any atom is 0.303 e. The molecule has 8 heteroatoms. The van der Waals surface area contributed by atoms with Gasteiger partial charge in [-0.1, -0.05) is 78.9 Å². The molecule has 3 aromatic carbocycles. The van der Waals surface area contributed by atoms with Gasteiger partial charge in [0, 0.05) is 38.5 Å². The van der Waals surface area contributed by atoms with Crippen molar-refractivity contribution in [2.45, 2.75) is 64.6 Å². The number of benzene rings is 3. The van der Waals surface area contributed by atoms with Crippen molar-refractivity contribution in [1.82, 2.24) is 10.2 Å². The number of ether oxygens (including phenoxy) is 3. The second-order valence-electron chi connectivity index (χ2n) is 10.2. The monoisotopic (exact) mass is 546 g/mol. The van der Waals surface area contributed by atoms with E-state index < -0.39 is 18.4 Å². The molecule has 1 saturated heterocycles. The van der Waals surface area contributed by atoms with Crippen LogP contribution in [0.25, 0.3) is 0 Å². The Bertz CT molecular complexity index is 1230. The highest BCUT2D eigenvalue weighted by molar-refractivity contribution is 5.82. The van der Waals surface area contributed by atoms with Crippen LogP contribution in [0.3, 0.4) is 0 Å². The molecule has 4 atom stereocenters. The number of amides is 1. The number of hydrogen-bond acceptors (Lipinski definition) is 7. The van der Waals surface area contributed by atoms with E-state index >= 15 is 0 Å². The molecular formula is C32H38N2O6. The van der Waals surface area contributed by atoms with E-state index in [4.69, 9.17) is 14.2 Å². The third-order valence-corrected chi connectivity index (χ3v) is 6.86. The smallest absolute Gasteiger partial charge is 0.303 e. The molecule has 1 aliphatic heterocycles. The summed E-state index contributed by atoms with van der Waals surface area (Å²) in [6, 6.07) is 26.0. The van der Waals surface area contributed by atoms with Crippen LogP contribution < -0.4 is 5.32 Å². The highest BCUT2D eigenvalue weighted by atomic mass is 16.7. The lowest BCUT2D eigenvalue weighted by molar-refractivity contribution is -0.252. The molecule has 0 spiro atoms. The molecule has 0 aromatic heterocycles. The van der Waals surface area contributed by atoms with Gasteiger partial charge < -0.3 is 24.6 Å². The first kappa shape index (κ1) is 29.4. The van der Waals surface area contributed by atoms with E-state index in [9.17, 15) is 14.7 Å². The Balaban J connectivity index is 1.44.